The Kier molecular flexibility index (Phi) is 4.95. The highest BCUT2D eigenvalue weighted by molar-refractivity contribution is 5.99. The van der Waals surface area contributed by atoms with E-state index in [4.69, 9.17) is 4.74 Å². The minimum atomic E-state index is -0.0176. The van der Waals surface area contributed by atoms with Gasteiger partial charge in [0.2, 0.25) is 0 Å². The molecule has 0 radical (unpaired) electrons. The van der Waals surface area contributed by atoms with Crippen LogP contribution < -0.4 is 5.32 Å². The summed E-state index contributed by atoms with van der Waals surface area (Å²) >= 11 is 0. The molecule has 1 aliphatic heterocycles. The monoisotopic (exact) mass is 277 g/mol. The van der Waals surface area contributed by atoms with Crippen LogP contribution in [0.2, 0.25) is 0 Å². The van der Waals surface area contributed by atoms with E-state index in [1.807, 2.05) is 27.1 Å². The molecule has 5 heteroatoms. The first-order valence-corrected chi connectivity index (χ1v) is 7.13. The third-order valence-corrected chi connectivity index (χ3v) is 3.64. The van der Waals surface area contributed by atoms with Crippen LogP contribution in [0.3, 0.4) is 0 Å². The van der Waals surface area contributed by atoms with Crippen LogP contribution in [0.1, 0.15) is 35.3 Å². The molecule has 1 unspecified atom stereocenters. The average Bonchev–Trinajstić information content (AvgIpc) is 2.47. The van der Waals surface area contributed by atoms with Crippen molar-refractivity contribution in [3.05, 3.63) is 23.5 Å². The maximum absolute atomic E-state index is 12.5. The fourth-order valence-electron chi connectivity index (χ4n) is 2.48. The first-order valence-electron chi connectivity index (χ1n) is 7.13. The highest BCUT2D eigenvalue weighted by Crippen LogP contribution is 2.18. The summed E-state index contributed by atoms with van der Waals surface area (Å²) in [6, 6.07) is 1.89. The second-order valence-corrected chi connectivity index (χ2v) is 5.30. The van der Waals surface area contributed by atoms with E-state index in [9.17, 15) is 4.79 Å². The number of anilines is 1. The zero-order valence-electron chi connectivity index (χ0n) is 12.5. The highest BCUT2D eigenvalue weighted by Gasteiger charge is 2.21. The van der Waals surface area contributed by atoms with Gasteiger partial charge in [-0.3, -0.25) is 9.78 Å². The number of amides is 1. The van der Waals surface area contributed by atoms with Crippen molar-refractivity contribution in [3.63, 3.8) is 0 Å². The van der Waals surface area contributed by atoms with E-state index in [-0.39, 0.29) is 12.0 Å². The predicted molar refractivity (Wildman–Crippen MR) is 79.1 cm³/mol. The van der Waals surface area contributed by atoms with Crippen LogP contribution >= 0.6 is 0 Å². The molecule has 5 nitrogen and oxygen atoms in total. The van der Waals surface area contributed by atoms with Gasteiger partial charge in [0, 0.05) is 39.1 Å². The van der Waals surface area contributed by atoms with E-state index in [0.29, 0.717) is 12.1 Å². The van der Waals surface area contributed by atoms with Crippen LogP contribution in [0.5, 0.6) is 0 Å². The highest BCUT2D eigenvalue weighted by atomic mass is 16.5. The summed E-state index contributed by atoms with van der Waals surface area (Å²) < 4.78 is 5.69. The van der Waals surface area contributed by atoms with Gasteiger partial charge in [0.1, 0.15) is 0 Å². The molecule has 110 valence electrons. The molecule has 1 saturated heterocycles. The topological polar surface area (TPSA) is 54.5 Å². The number of ether oxygens (including phenoxy) is 1. The van der Waals surface area contributed by atoms with Crippen LogP contribution in [0.4, 0.5) is 5.69 Å². The van der Waals surface area contributed by atoms with Crippen molar-refractivity contribution in [1.82, 2.24) is 9.88 Å². The van der Waals surface area contributed by atoms with Gasteiger partial charge >= 0.3 is 0 Å². The lowest BCUT2D eigenvalue weighted by molar-refractivity contribution is -0.000179. The average molecular weight is 277 g/mol. The molecule has 20 heavy (non-hydrogen) atoms. The Morgan fingerprint density at radius 1 is 1.55 bits per heavy atom. The second kappa shape index (κ2) is 6.70. The summed E-state index contributed by atoms with van der Waals surface area (Å²) in [4.78, 5) is 18.4. The summed E-state index contributed by atoms with van der Waals surface area (Å²) in [7, 11) is 3.63. The summed E-state index contributed by atoms with van der Waals surface area (Å²) in [5.74, 6) is -0.0176. The molecule has 1 aromatic heterocycles. The molecule has 1 N–H and O–H groups in total. The van der Waals surface area contributed by atoms with E-state index < -0.39 is 0 Å². The molecule has 2 heterocycles. The Morgan fingerprint density at radius 3 is 3.00 bits per heavy atom. The van der Waals surface area contributed by atoms with E-state index >= 15 is 0 Å². The Morgan fingerprint density at radius 2 is 2.35 bits per heavy atom. The maximum atomic E-state index is 12.5. The molecule has 0 aliphatic carbocycles. The lowest BCUT2D eigenvalue weighted by Crippen LogP contribution is -2.37. The summed E-state index contributed by atoms with van der Waals surface area (Å²) in [5, 5.41) is 3.06. The van der Waals surface area contributed by atoms with Gasteiger partial charge < -0.3 is 15.0 Å². The minimum Gasteiger partial charge on any atom is -0.387 e. The lowest BCUT2D eigenvalue weighted by atomic mass is 10.1. The Hall–Kier alpha value is -1.62. The van der Waals surface area contributed by atoms with Crippen LogP contribution in [-0.4, -0.2) is 49.1 Å². The van der Waals surface area contributed by atoms with Crippen molar-refractivity contribution in [2.75, 3.05) is 32.6 Å². The second-order valence-electron chi connectivity index (χ2n) is 5.30. The Labute approximate surface area is 120 Å². The van der Waals surface area contributed by atoms with Gasteiger partial charge in [-0.1, -0.05) is 0 Å². The van der Waals surface area contributed by atoms with Crippen molar-refractivity contribution < 1.29 is 9.53 Å². The zero-order valence-corrected chi connectivity index (χ0v) is 12.5. The van der Waals surface area contributed by atoms with Crippen LogP contribution in [0.25, 0.3) is 0 Å². The zero-order chi connectivity index (χ0) is 14.5. The van der Waals surface area contributed by atoms with E-state index in [1.165, 1.54) is 6.42 Å². The largest absolute Gasteiger partial charge is 0.387 e. The van der Waals surface area contributed by atoms with E-state index in [2.05, 4.69) is 10.3 Å². The number of likely N-dealkylation sites (N-methyl/N-ethyl adjacent to an activating group) is 1. The third kappa shape index (κ3) is 3.48. The van der Waals surface area contributed by atoms with Crippen molar-refractivity contribution in [2.45, 2.75) is 32.3 Å². The molecule has 1 amide bonds. The van der Waals surface area contributed by atoms with Gasteiger partial charge in [0.25, 0.3) is 5.91 Å². The Balaban J connectivity index is 2.05. The SMILES string of the molecule is CNc1cc(C)ncc1C(=O)N(C)CC1CCCCO1. The van der Waals surface area contributed by atoms with E-state index in [1.54, 1.807) is 11.1 Å². The number of nitrogens with zero attached hydrogens (tertiary/aromatic N) is 2. The normalized spacial score (nSPS) is 18.6. The number of nitrogens with one attached hydrogen (secondary N) is 1. The van der Waals surface area contributed by atoms with Crippen molar-refractivity contribution in [3.8, 4) is 0 Å². The fraction of sp³-hybridized carbons (Fsp3) is 0.600. The van der Waals surface area contributed by atoms with Gasteiger partial charge in [-0.05, 0) is 32.3 Å². The third-order valence-electron chi connectivity index (χ3n) is 3.64. The minimum absolute atomic E-state index is 0.0176. The standard InChI is InChI=1S/C15H23N3O2/c1-11-8-14(16-2)13(9-17-11)15(19)18(3)10-12-6-4-5-7-20-12/h8-9,12H,4-7,10H2,1-3H3,(H,16,17). The molecule has 1 fully saturated rings. The predicted octanol–water partition coefficient (Wildman–Crippen LogP) is 2.07. The van der Waals surface area contributed by atoms with Crippen molar-refractivity contribution in [2.24, 2.45) is 0 Å². The van der Waals surface area contributed by atoms with Gasteiger partial charge in [-0.25, -0.2) is 0 Å². The molecular weight excluding hydrogens is 254 g/mol. The maximum Gasteiger partial charge on any atom is 0.257 e. The fourth-order valence-corrected chi connectivity index (χ4v) is 2.48. The summed E-state index contributed by atoms with van der Waals surface area (Å²) in [5.41, 5.74) is 2.32. The molecule has 0 saturated carbocycles. The molecule has 2 rings (SSSR count). The number of carbonyl (C=O) groups is 1. The molecule has 0 spiro atoms. The molecule has 1 aromatic rings. The lowest BCUT2D eigenvalue weighted by Gasteiger charge is -2.27. The van der Waals surface area contributed by atoms with Crippen LogP contribution in [0, 0.1) is 6.92 Å². The summed E-state index contributed by atoms with van der Waals surface area (Å²) in [6.45, 7) is 3.35. The molecular formula is C15H23N3O2. The Bertz CT molecular complexity index is 470. The number of hydrogen-bond acceptors (Lipinski definition) is 4. The van der Waals surface area contributed by atoms with Gasteiger partial charge in [0.15, 0.2) is 0 Å². The van der Waals surface area contributed by atoms with Gasteiger partial charge in [-0.15, -0.1) is 0 Å². The van der Waals surface area contributed by atoms with Crippen LogP contribution in [0.15, 0.2) is 12.3 Å². The first kappa shape index (κ1) is 14.8. The number of rotatable bonds is 4. The molecule has 1 atom stereocenters. The van der Waals surface area contributed by atoms with Gasteiger partial charge in [-0.2, -0.15) is 0 Å². The van der Waals surface area contributed by atoms with Crippen LogP contribution in [-0.2, 0) is 4.74 Å². The first-order chi connectivity index (χ1) is 9.61. The quantitative estimate of drug-likeness (QED) is 0.915. The number of pyridine rings is 1. The van der Waals surface area contributed by atoms with Gasteiger partial charge in [0.05, 0.1) is 17.4 Å². The molecule has 0 bridgehead atoms. The number of aromatic nitrogens is 1. The van der Waals surface area contributed by atoms with Crippen molar-refractivity contribution in [1.29, 1.82) is 0 Å². The number of carbonyl (C=O) groups excluding carboxylic acids is 1. The molecule has 1 aliphatic rings. The number of hydrogen-bond donors (Lipinski definition) is 1. The summed E-state index contributed by atoms with van der Waals surface area (Å²) in [6.07, 6.45) is 5.14. The van der Waals surface area contributed by atoms with Crippen molar-refractivity contribution >= 4 is 11.6 Å². The number of aryl methyl sites for hydroxylation is 1. The van der Waals surface area contributed by atoms with E-state index in [0.717, 1.165) is 30.8 Å². The smallest absolute Gasteiger partial charge is 0.257 e. The molecule has 0 aromatic carbocycles.